The van der Waals surface area contributed by atoms with Crippen LogP contribution >= 0.6 is 11.6 Å². The lowest BCUT2D eigenvalue weighted by Gasteiger charge is -2.05. The molecule has 0 spiro atoms. The van der Waals surface area contributed by atoms with Crippen molar-refractivity contribution in [3.8, 4) is 11.3 Å². The second-order valence-electron chi connectivity index (χ2n) is 5.04. The third-order valence-corrected chi connectivity index (χ3v) is 3.48. The lowest BCUT2D eigenvalue weighted by molar-refractivity contribution is -0.115. The minimum absolute atomic E-state index is 0.132. The fourth-order valence-electron chi connectivity index (χ4n) is 2.10. The van der Waals surface area contributed by atoms with E-state index in [9.17, 15) is 13.6 Å². The number of halogens is 3. The van der Waals surface area contributed by atoms with Crippen LogP contribution in [0, 0.1) is 11.6 Å². The van der Waals surface area contributed by atoms with Gasteiger partial charge in [-0.3, -0.25) is 4.79 Å². The van der Waals surface area contributed by atoms with Crippen molar-refractivity contribution in [2.24, 2.45) is 0 Å². The SMILES string of the molecule is O=C(Cc1cc(-c2ccc(Cl)cc2)on1)Nc1cc(F)ccc1F. The largest absolute Gasteiger partial charge is 0.356 e. The Hall–Kier alpha value is -2.73. The number of rotatable bonds is 4. The van der Waals surface area contributed by atoms with Crippen molar-refractivity contribution in [3.63, 3.8) is 0 Å². The lowest BCUT2D eigenvalue weighted by atomic mass is 10.1. The van der Waals surface area contributed by atoms with E-state index in [1.54, 1.807) is 30.3 Å². The summed E-state index contributed by atoms with van der Waals surface area (Å²) in [4.78, 5) is 11.9. The highest BCUT2D eigenvalue weighted by molar-refractivity contribution is 6.30. The number of carbonyl (C=O) groups excluding carboxylic acids is 1. The van der Waals surface area contributed by atoms with Gasteiger partial charge < -0.3 is 9.84 Å². The van der Waals surface area contributed by atoms with E-state index in [2.05, 4.69) is 10.5 Å². The summed E-state index contributed by atoms with van der Waals surface area (Å²) in [5, 5.41) is 6.70. The molecule has 3 rings (SSSR count). The molecule has 7 heteroatoms. The number of nitrogens with zero attached hydrogens (tertiary/aromatic N) is 1. The number of hydrogen-bond donors (Lipinski definition) is 1. The average molecular weight is 349 g/mol. The molecule has 3 aromatic rings. The van der Waals surface area contributed by atoms with Gasteiger partial charge in [-0.1, -0.05) is 16.8 Å². The molecular weight excluding hydrogens is 338 g/mol. The molecule has 1 N–H and O–H groups in total. The third kappa shape index (κ3) is 3.78. The van der Waals surface area contributed by atoms with Crippen molar-refractivity contribution in [3.05, 3.63) is 70.9 Å². The van der Waals surface area contributed by atoms with Gasteiger partial charge in [0.05, 0.1) is 17.8 Å². The van der Waals surface area contributed by atoms with E-state index in [0.717, 1.165) is 23.8 Å². The Morgan fingerprint density at radius 3 is 2.62 bits per heavy atom. The van der Waals surface area contributed by atoms with Gasteiger partial charge in [-0.25, -0.2) is 8.78 Å². The van der Waals surface area contributed by atoms with Gasteiger partial charge in [0.15, 0.2) is 5.76 Å². The molecule has 2 aromatic carbocycles. The molecule has 1 amide bonds. The summed E-state index contributed by atoms with van der Waals surface area (Å²) in [5.41, 5.74) is 0.908. The summed E-state index contributed by atoms with van der Waals surface area (Å²) in [6, 6.07) is 11.4. The summed E-state index contributed by atoms with van der Waals surface area (Å²) < 4.78 is 31.8. The van der Waals surface area contributed by atoms with Crippen molar-refractivity contribution >= 4 is 23.2 Å². The van der Waals surface area contributed by atoms with E-state index in [-0.39, 0.29) is 12.1 Å². The molecule has 0 saturated heterocycles. The zero-order chi connectivity index (χ0) is 17.1. The normalized spacial score (nSPS) is 10.6. The number of aromatic nitrogens is 1. The molecule has 0 aliphatic rings. The Morgan fingerprint density at radius 2 is 1.88 bits per heavy atom. The Morgan fingerprint density at radius 1 is 1.12 bits per heavy atom. The second-order valence-corrected chi connectivity index (χ2v) is 5.47. The number of hydrogen-bond acceptors (Lipinski definition) is 3. The van der Waals surface area contributed by atoms with Gasteiger partial charge in [-0.05, 0) is 36.4 Å². The number of amides is 1. The predicted octanol–water partition coefficient (Wildman–Crippen LogP) is 4.45. The van der Waals surface area contributed by atoms with Crippen molar-refractivity contribution in [2.45, 2.75) is 6.42 Å². The number of carbonyl (C=O) groups is 1. The van der Waals surface area contributed by atoms with Crippen LogP contribution in [0.5, 0.6) is 0 Å². The van der Waals surface area contributed by atoms with E-state index in [0.29, 0.717) is 16.5 Å². The Bertz CT molecular complexity index is 879. The molecule has 0 bridgehead atoms. The minimum Gasteiger partial charge on any atom is -0.356 e. The van der Waals surface area contributed by atoms with Crippen LogP contribution in [-0.4, -0.2) is 11.1 Å². The fourth-order valence-corrected chi connectivity index (χ4v) is 2.22. The van der Waals surface area contributed by atoms with Crippen molar-refractivity contribution < 1.29 is 18.1 Å². The smallest absolute Gasteiger partial charge is 0.230 e. The maximum absolute atomic E-state index is 13.5. The Balaban J connectivity index is 1.69. The molecule has 0 aliphatic carbocycles. The van der Waals surface area contributed by atoms with E-state index < -0.39 is 17.5 Å². The van der Waals surface area contributed by atoms with Gasteiger partial charge in [-0.15, -0.1) is 0 Å². The number of nitrogens with one attached hydrogen (secondary N) is 1. The van der Waals surface area contributed by atoms with Gasteiger partial charge in [-0.2, -0.15) is 0 Å². The first kappa shape index (κ1) is 16.1. The molecule has 0 saturated carbocycles. The summed E-state index contributed by atoms with van der Waals surface area (Å²) in [7, 11) is 0. The topological polar surface area (TPSA) is 55.1 Å². The fraction of sp³-hybridized carbons (Fsp3) is 0.0588. The highest BCUT2D eigenvalue weighted by atomic mass is 35.5. The summed E-state index contributed by atoms with van der Waals surface area (Å²) in [5.74, 6) is -1.41. The van der Waals surface area contributed by atoms with Gasteiger partial charge in [0.2, 0.25) is 5.91 Å². The summed E-state index contributed by atoms with van der Waals surface area (Å²) >= 11 is 5.82. The van der Waals surface area contributed by atoms with Crippen LogP contribution in [0.15, 0.2) is 53.1 Å². The number of benzene rings is 2. The van der Waals surface area contributed by atoms with Crippen LogP contribution < -0.4 is 5.32 Å². The molecule has 1 heterocycles. The molecule has 4 nitrogen and oxygen atoms in total. The molecule has 0 fully saturated rings. The molecular formula is C17H11ClF2N2O2. The highest BCUT2D eigenvalue weighted by Gasteiger charge is 2.13. The molecule has 0 radical (unpaired) electrons. The van der Waals surface area contributed by atoms with E-state index >= 15 is 0 Å². The molecule has 122 valence electrons. The zero-order valence-electron chi connectivity index (χ0n) is 12.2. The molecule has 0 unspecified atom stereocenters. The Kier molecular flexibility index (Phi) is 4.57. The molecule has 0 atom stereocenters. The first-order valence-corrected chi connectivity index (χ1v) is 7.35. The van der Waals surface area contributed by atoms with Gasteiger partial charge in [0, 0.05) is 22.7 Å². The lowest BCUT2D eigenvalue weighted by Crippen LogP contribution is -2.15. The van der Waals surface area contributed by atoms with Crippen LogP contribution in [0.3, 0.4) is 0 Å². The third-order valence-electron chi connectivity index (χ3n) is 3.23. The van der Waals surface area contributed by atoms with Crippen LogP contribution in [-0.2, 0) is 11.2 Å². The summed E-state index contributed by atoms with van der Waals surface area (Å²) in [6.45, 7) is 0. The Labute approximate surface area is 141 Å². The van der Waals surface area contributed by atoms with E-state index in [1.165, 1.54) is 0 Å². The standard InChI is InChI=1S/C17H11ClF2N2O2/c18-11-3-1-10(2-4-11)16-8-13(22-24-16)9-17(23)21-15-7-12(19)5-6-14(15)20/h1-8H,9H2,(H,21,23). The first-order valence-electron chi connectivity index (χ1n) is 6.98. The maximum Gasteiger partial charge on any atom is 0.230 e. The quantitative estimate of drug-likeness (QED) is 0.757. The second kappa shape index (κ2) is 6.80. The monoisotopic (exact) mass is 348 g/mol. The minimum atomic E-state index is -0.716. The van der Waals surface area contributed by atoms with Gasteiger partial charge in [0.1, 0.15) is 11.6 Å². The predicted molar refractivity (Wildman–Crippen MR) is 85.6 cm³/mol. The van der Waals surface area contributed by atoms with E-state index in [1.807, 2.05) is 0 Å². The average Bonchev–Trinajstić information content (AvgIpc) is 3.00. The van der Waals surface area contributed by atoms with Crippen LogP contribution in [0.4, 0.5) is 14.5 Å². The van der Waals surface area contributed by atoms with Crippen LogP contribution in [0.25, 0.3) is 11.3 Å². The molecule has 1 aromatic heterocycles. The van der Waals surface area contributed by atoms with Crippen LogP contribution in [0.2, 0.25) is 5.02 Å². The van der Waals surface area contributed by atoms with Crippen molar-refractivity contribution in [1.29, 1.82) is 0 Å². The maximum atomic E-state index is 13.5. The summed E-state index contributed by atoms with van der Waals surface area (Å²) in [6.07, 6.45) is -0.132. The van der Waals surface area contributed by atoms with Gasteiger partial charge in [0.25, 0.3) is 0 Å². The van der Waals surface area contributed by atoms with Crippen molar-refractivity contribution in [1.82, 2.24) is 5.16 Å². The number of anilines is 1. The van der Waals surface area contributed by atoms with Crippen molar-refractivity contribution in [2.75, 3.05) is 5.32 Å². The first-order chi connectivity index (χ1) is 11.5. The van der Waals surface area contributed by atoms with Crippen LogP contribution in [0.1, 0.15) is 5.69 Å². The van der Waals surface area contributed by atoms with Gasteiger partial charge >= 0.3 is 0 Å². The highest BCUT2D eigenvalue weighted by Crippen LogP contribution is 2.23. The molecule has 24 heavy (non-hydrogen) atoms. The van der Waals surface area contributed by atoms with E-state index in [4.69, 9.17) is 16.1 Å². The molecule has 0 aliphatic heterocycles. The zero-order valence-corrected chi connectivity index (χ0v) is 13.0.